The van der Waals surface area contributed by atoms with Crippen molar-refractivity contribution in [1.82, 2.24) is 0 Å². The molecule has 0 spiro atoms. The molecule has 0 aromatic heterocycles. The molecule has 7 nitrogen and oxygen atoms in total. The van der Waals surface area contributed by atoms with E-state index in [9.17, 15) is 24.3 Å². The number of esters is 2. The van der Waals surface area contributed by atoms with Crippen molar-refractivity contribution in [1.29, 1.82) is 0 Å². The van der Waals surface area contributed by atoms with Gasteiger partial charge in [0.05, 0.1) is 12.5 Å². The van der Waals surface area contributed by atoms with Crippen molar-refractivity contribution in [3.05, 3.63) is 23.8 Å². The van der Waals surface area contributed by atoms with Gasteiger partial charge in [-0.05, 0) is 69.4 Å². The zero-order chi connectivity index (χ0) is 25.0. The maximum Gasteiger partial charge on any atom is 0.324 e. The van der Waals surface area contributed by atoms with Crippen LogP contribution < -0.4 is 0 Å². The van der Waals surface area contributed by atoms with E-state index in [1.54, 1.807) is 6.92 Å². The van der Waals surface area contributed by atoms with E-state index < -0.39 is 50.4 Å². The lowest BCUT2D eigenvalue weighted by Gasteiger charge is -2.68. The van der Waals surface area contributed by atoms with Crippen LogP contribution in [-0.2, 0) is 28.7 Å². The zero-order valence-corrected chi connectivity index (χ0v) is 20.6. The lowest BCUT2D eigenvalue weighted by molar-refractivity contribution is -0.201. The first-order valence-corrected chi connectivity index (χ1v) is 11.5. The van der Waals surface area contributed by atoms with Crippen LogP contribution in [0.25, 0.3) is 0 Å². The molecule has 1 heterocycles. The number of cyclic esters (lactones) is 1. The standard InChI is InChI=1S/C26H34O7/c1-14-23(5)13-16-22(4)11-10-17(27)33-21(2,3)15(22)9-12-24(16,6)26(14,20(30)32-8)19(29)25(7,31)18(23)28/h9,16,31H,1,10-13H2,2-8H3/t16-,22-,23+,24+,25-,26-/m0/s1. The number of allylic oxidation sites excluding steroid dienone is 1. The second kappa shape index (κ2) is 6.44. The second-order valence-corrected chi connectivity index (χ2v) is 11.7. The second-order valence-electron chi connectivity index (χ2n) is 11.7. The van der Waals surface area contributed by atoms with E-state index in [1.807, 2.05) is 33.8 Å². The summed E-state index contributed by atoms with van der Waals surface area (Å²) in [5, 5.41) is 11.1. The molecular weight excluding hydrogens is 424 g/mol. The number of hydrogen-bond donors (Lipinski definition) is 1. The first kappa shape index (κ1) is 23.9. The summed E-state index contributed by atoms with van der Waals surface area (Å²) in [5.74, 6) is -2.97. The van der Waals surface area contributed by atoms with E-state index in [0.29, 0.717) is 19.3 Å². The quantitative estimate of drug-likeness (QED) is 0.365. The summed E-state index contributed by atoms with van der Waals surface area (Å²) in [7, 11) is 1.21. The lowest BCUT2D eigenvalue weighted by atomic mass is 9.32. The van der Waals surface area contributed by atoms with Crippen LogP contribution in [0.5, 0.6) is 0 Å². The fraction of sp³-hybridized carbons (Fsp3) is 0.692. The molecule has 180 valence electrons. The molecule has 3 fully saturated rings. The number of ether oxygens (including phenoxy) is 2. The van der Waals surface area contributed by atoms with Gasteiger partial charge >= 0.3 is 11.9 Å². The highest BCUT2D eigenvalue weighted by Crippen LogP contribution is 2.74. The Bertz CT molecular complexity index is 1040. The number of ketones is 2. The smallest absolute Gasteiger partial charge is 0.324 e. The van der Waals surface area contributed by atoms with Crippen LogP contribution >= 0.6 is 0 Å². The van der Waals surface area contributed by atoms with Crippen LogP contribution in [0, 0.1) is 27.6 Å². The lowest BCUT2D eigenvalue weighted by Crippen LogP contribution is -2.76. The summed E-state index contributed by atoms with van der Waals surface area (Å²) in [6.07, 6.45) is 3.23. The topological polar surface area (TPSA) is 107 Å². The van der Waals surface area contributed by atoms with Crippen molar-refractivity contribution in [2.45, 2.75) is 78.4 Å². The summed E-state index contributed by atoms with van der Waals surface area (Å²) >= 11 is 0. The molecule has 2 saturated carbocycles. The average molecular weight is 459 g/mol. The number of carbonyl (C=O) groups is 4. The third kappa shape index (κ3) is 2.44. The van der Waals surface area contributed by atoms with Crippen molar-refractivity contribution in [3.63, 3.8) is 0 Å². The molecule has 1 saturated heterocycles. The Morgan fingerprint density at radius 3 is 2.30 bits per heavy atom. The number of carbonyl (C=O) groups excluding carboxylic acids is 4. The van der Waals surface area contributed by atoms with Gasteiger partial charge in [-0.1, -0.05) is 26.5 Å². The summed E-state index contributed by atoms with van der Waals surface area (Å²) < 4.78 is 11.0. The van der Waals surface area contributed by atoms with Gasteiger partial charge in [-0.2, -0.15) is 0 Å². The van der Waals surface area contributed by atoms with Gasteiger partial charge in [0, 0.05) is 11.8 Å². The van der Waals surface area contributed by atoms with Crippen molar-refractivity contribution in [3.8, 4) is 0 Å². The van der Waals surface area contributed by atoms with Gasteiger partial charge < -0.3 is 14.6 Å². The van der Waals surface area contributed by atoms with Gasteiger partial charge in [-0.25, -0.2) is 0 Å². The number of aliphatic hydroxyl groups is 1. The zero-order valence-electron chi connectivity index (χ0n) is 20.6. The summed E-state index contributed by atoms with van der Waals surface area (Å²) in [6, 6.07) is 0. The molecule has 3 aliphatic carbocycles. The summed E-state index contributed by atoms with van der Waals surface area (Å²) in [6.45, 7) is 14.6. The number of fused-ring (bicyclic) bond motifs is 6. The van der Waals surface area contributed by atoms with Crippen LogP contribution in [0.3, 0.4) is 0 Å². The van der Waals surface area contributed by atoms with E-state index in [2.05, 4.69) is 6.58 Å². The van der Waals surface area contributed by atoms with Gasteiger partial charge in [0.1, 0.15) is 5.60 Å². The largest absolute Gasteiger partial charge is 0.468 e. The fourth-order valence-corrected chi connectivity index (χ4v) is 7.96. The van der Waals surface area contributed by atoms with Crippen LogP contribution in [-0.4, -0.2) is 46.9 Å². The van der Waals surface area contributed by atoms with Crippen LogP contribution in [0.15, 0.2) is 23.8 Å². The van der Waals surface area contributed by atoms with Crippen molar-refractivity contribution in [2.75, 3.05) is 7.11 Å². The molecule has 1 aliphatic heterocycles. The molecule has 0 radical (unpaired) electrons. The normalized spacial score (nSPS) is 46.4. The van der Waals surface area contributed by atoms with Gasteiger partial charge in [0.2, 0.25) is 0 Å². The van der Waals surface area contributed by atoms with Gasteiger partial charge in [0.15, 0.2) is 22.6 Å². The minimum Gasteiger partial charge on any atom is -0.468 e. The fourth-order valence-electron chi connectivity index (χ4n) is 7.96. The van der Waals surface area contributed by atoms with Gasteiger partial charge in [0.25, 0.3) is 0 Å². The molecule has 0 amide bonds. The molecule has 33 heavy (non-hydrogen) atoms. The maximum absolute atomic E-state index is 14.0. The molecule has 0 aromatic carbocycles. The van der Waals surface area contributed by atoms with Gasteiger partial charge in [-0.3, -0.25) is 19.2 Å². The Labute approximate surface area is 194 Å². The third-order valence-electron chi connectivity index (χ3n) is 9.56. The molecule has 4 aliphatic rings. The van der Waals surface area contributed by atoms with E-state index in [1.165, 1.54) is 14.0 Å². The van der Waals surface area contributed by atoms with Crippen LogP contribution in [0.2, 0.25) is 0 Å². The van der Waals surface area contributed by atoms with Crippen LogP contribution in [0.4, 0.5) is 0 Å². The molecule has 0 aromatic rings. The predicted octanol–water partition coefficient (Wildman–Crippen LogP) is 3.09. The third-order valence-corrected chi connectivity index (χ3v) is 9.56. The molecule has 6 atom stereocenters. The molecule has 0 unspecified atom stereocenters. The number of rotatable bonds is 1. The maximum atomic E-state index is 14.0. The van der Waals surface area contributed by atoms with Crippen LogP contribution in [0.1, 0.15) is 67.2 Å². The molecule has 7 heteroatoms. The van der Waals surface area contributed by atoms with Crippen molar-refractivity contribution >= 4 is 23.5 Å². The van der Waals surface area contributed by atoms with Crippen molar-refractivity contribution < 1.29 is 33.8 Å². The number of methoxy groups -OCH3 is 1. The highest BCUT2D eigenvalue weighted by atomic mass is 16.6. The Balaban J connectivity index is 2.08. The molecular formula is C26H34O7. The van der Waals surface area contributed by atoms with E-state index in [0.717, 1.165) is 5.57 Å². The Kier molecular flexibility index (Phi) is 4.65. The highest BCUT2D eigenvalue weighted by Gasteiger charge is 2.80. The minimum atomic E-state index is -2.34. The van der Waals surface area contributed by atoms with E-state index in [4.69, 9.17) is 9.47 Å². The average Bonchev–Trinajstić information content (AvgIpc) is 2.81. The number of Topliss-reactive ketones (excluding diaryl/α,β-unsaturated/α-hetero) is 2. The molecule has 2 bridgehead atoms. The highest BCUT2D eigenvalue weighted by molar-refractivity contribution is 6.26. The number of hydrogen-bond acceptors (Lipinski definition) is 7. The Morgan fingerprint density at radius 1 is 1.12 bits per heavy atom. The summed E-state index contributed by atoms with van der Waals surface area (Å²) in [5.41, 5.74) is -6.96. The van der Waals surface area contributed by atoms with Crippen molar-refractivity contribution in [2.24, 2.45) is 27.6 Å². The summed E-state index contributed by atoms with van der Waals surface area (Å²) in [4.78, 5) is 53.6. The molecule has 4 rings (SSSR count). The first-order valence-electron chi connectivity index (χ1n) is 11.5. The first-order chi connectivity index (χ1) is 15.0. The Morgan fingerprint density at radius 2 is 1.73 bits per heavy atom. The van der Waals surface area contributed by atoms with E-state index >= 15 is 0 Å². The van der Waals surface area contributed by atoms with Gasteiger partial charge in [-0.15, -0.1) is 0 Å². The minimum absolute atomic E-state index is 0.187. The molecule has 1 N–H and O–H groups in total. The monoisotopic (exact) mass is 458 g/mol. The SMILES string of the molecule is C=C1[C@@]2(C)C[C@H]3[C@@]4(C)CCC(=O)OC(C)(C)C4=CC[C@@]3(C)[C@]1(C(=O)OC)C(=O)[C@@](C)(O)C2=O. The predicted molar refractivity (Wildman–Crippen MR) is 119 cm³/mol. The van der Waals surface area contributed by atoms with E-state index in [-0.39, 0.29) is 23.9 Å². The Hall–Kier alpha value is -2.28.